The number of para-hydroxylation sites is 1. The maximum Gasteiger partial charge on any atom is 0.264 e. The Bertz CT molecular complexity index is 730. The van der Waals surface area contributed by atoms with Crippen molar-refractivity contribution in [3.8, 4) is 5.75 Å². The molecule has 3 heterocycles. The van der Waals surface area contributed by atoms with Crippen molar-refractivity contribution in [1.82, 2.24) is 15.0 Å². The van der Waals surface area contributed by atoms with Crippen molar-refractivity contribution in [2.75, 3.05) is 6.54 Å². The minimum absolute atomic E-state index is 0.0181. The number of benzene rings is 1. The summed E-state index contributed by atoms with van der Waals surface area (Å²) in [6.07, 6.45) is 1.99. The smallest absolute Gasteiger partial charge is 0.264 e. The van der Waals surface area contributed by atoms with Crippen LogP contribution in [0.1, 0.15) is 55.9 Å². The minimum atomic E-state index is -0.445. The Kier molecular flexibility index (Phi) is 3.75. The number of hydrogen-bond acceptors (Lipinski definition) is 5. The first-order valence-corrected chi connectivity index (χ1v) is 8.52. The van der Waals surface area contributed by atoms with E-state index >= 15 is 0 Å². The third-order valence-corrected chi connectivity index (χ3v) is 4.71. The summed E-state index contributed by atoms with van der Waals surface area (Å²) < 4.78 is 11.2. The second kappa shape index (κ2) is 5.92. The van der Waals surface area contributed by atoms with Gasteiger partial charge in [0.15, 0.2) is 11.9 Å². The molecule has 1 aromatic heterocycles. The number of carbonyl (C=O) groups excluding carboxylic acids is 1. The number of nitrogens with zero attached hydrogens (tertiary/aromatic N) is 3. The van der Waals surface area contributed by atoms with Crippen molar-refractivity contribution >= 4 is 5.91 Å². The lowest BCUT2D eigenvalue weighted by Crippen LogP contribution is -2.41. The van der Waals surface area contributed by atoms with Gasteiger partial charge in [-0.05, 0) is 24.5 Å². The van der Waals surface area contributed by atoms with Crippen LogP contribution in [0.15, 0.2) is 28.8 Å². The van der Waals surface area contributed by atoms with Crippen molar-refractivity contribution in [3.63, 3.8) is 0 Å². The molecular weight excluding hydrogens is 306 g/mol. The standard InChI is InChI=1S/C18H21N3O3/c1-11(2)17-19-16(20-24-17)13-7-5-9-21(13)18(22)15-10-12-6-3-4-8-14(12)23-15/h3-4,6,8,11,13,15H,5,7,9-10H2,1-2H3/t13-,15-/m1/s1. The van der Waals surface area contributed by atoms with Crippen LogP contribution < -0.4 is 4.74 Å². The van der Waals surface area contributed by atoms with Crippen molar-refractivity contribution in [2.24, 2.45) is 0 Å². The Morgan fingerprint density at radius 2 is 2.17 bits per heavy atom. The zero-order valence-electron chi connectivity index (χ0n) is 13.9. The van der Waals surface area contributed by atoms with E-state index in [2.05, 4.69) is 10.1 Å². The average molecular weight is 327 g/mol. The average Bonchev–Trinajstić information content (AvgIpc) is 3.30. The van der Waals surface area contributed by atoms with Crippen LogP contribution in [0.2, 0.25) is 0 Å². The van der Waals surface area contributed by atoms with Gasteiger partial charge in [0.1, 0.15) is 5.75 Å². The van der Waals surface area contributed by atoms with Crippen LogP contribution in [0.5, 0.6) is 5.75 Å². The first kappa shape index (κ1) is 15.2. The maximum atomic E-state index is 13.0. The number of carbonyl (C=O) groups is 1. The van der Waals surface area contributed by atoms with Crippen molar-refractivity contribution in [3.05, 3.63) is 41.5 Å². The highest BCUT2D eigenvalue weighted by molar-refractivity contribution is 5.83. The minimum Gasteiger partial charge on any atom is -0.480 e. The monoisotopic (exact) mass is 327 g/mol. The van der Waals surface area contributed by atoms with Crippen molar-refractivity contribution < 1.29 is 14.1 Å². The van der Waals surface area contributed by atoms with E-state index in [1.165, 1.54) is 0 Å². The van der Waals surface area contributed by atoms with Crippen LogP contribution in [-0.4, -0.2) is 33.6 Å². The van der Waals surface area contributed by atoms with Gasteiger partial charge in [-0.25, -0.2) is 0 Å². The molecule has 1 aromatic carbocycles. The Morgan fingerprint density at radius 1 is 1.33 bits per heavy atom. The fraction of sp³-hybridized carbons (Fsp3) is 0.500. The molecule has 2 aliphatic rings. The summed E-state index contributed by atoms with van der Waals surface area (Å²) in [7, 11) is 0. The first-order valence-electron chi connectivity index (χ1n) is 8.52. The predicted molar refractivity (Wildman–Crippen MR) is 86.6 cm³/mol. The third kappa shape index (κ3) is 2.56. The lowest BCUT2D eigenvalue weighted by atomic mass is 10.1. The van der Waals surface area contributed by atoms with Crippen LogP contribution in [-0.2, 0) is 11.2 Å². The van der Waals surface area contributed by atoms with Gasteiger partial charge < -0.3 is 14.2 Å². The molecule has 0 unspecified atom stereocenters. The van der Waals surface area contributed by atoms with E-state index in [0.29, 0.717) is 24.7 Å². The fourth-order valence-electron chi connectivity index (χ4n) is 3.42. The number of amides is 1. The van der Waals surface area contributed by atoms with E-state index in [9.17, 15) is 4.79 Å². The van der Waals surface area contributed by atoms with Crippen molar-refractivity contribution in [1.29, 1.82) is 0 Å². The van der Waals surface area contributed by atoms with Crippen LogP contribution in [0.25, 0.3) is 0 Å². The Balaban J connectivity index is 1.51. The van der Waals surface area contributed by atoms with E-state index in [1.54, 1.807) is 0 Å². The molecule has 0 saturated carbocycles. The summed E-state index contributed by atoms with van der Waals surface area (Å²) >= 11 is 0. The highest BCUT2D eigenvalue weighted by atomic mass is 16.5. The first-order chi connectivity index (χ1) is 11.6. The number of hydrogen-bond donors (Lipinski definition) is 0. The van der Waals surface area contributed by atoms with E-state index in [-0.39, 0.29) is 17.9 Å². The summed E-state index contributed by atoms with van der Waals surface area (Å²) in [5, 5.41) is 4.10. The number of aromatic nitrogens is 2. The van der Waals surface area contributed by atoms with Crippen LogP contribution in [0.4, 0.5) is 0 Å². The fourth-order valence-corrected chi connectivity index (χ4v) is 3.42. The molecule has 2 aromatic rings. The molecule has 0 spiro atoms. The molecule has 0 aliphatic carbocycles. The number of rotatable bonds is 3. The molecule has 4 rings (SSSR count). The van der Waals surface area contributed by atoms with Crippen molar-refractivity contribution in [2.45, 2.75) is 51.2 Å². The van der Waals surface area contributed by atoms with Gasteiger partial charge in [0, 0.05) is 18.9 Å². The summed E-state index contributed by atoms with van der Waals surface area (Å²) in [6, 6.07) is 7.72. The molecule has 126 valence electrons. The molecule has 24 heavy (non-hydrogen) atoms. The van der Waals surface area contributed by atoms with Gasteiger partial charge in [-0.1, -0.05) is 37.2 Å². The predicted octanol–water partition coefficient (Wildman–Crippen LogP) is 2.86. The highest BCUT2D eigenvalue weighted by Crippen LogP contribution is 2.34. The molecule has 0 N–H and O–H groups in total. The molecule has 1 amide bonds. The maximum absolute atomic E-state index is 13.0. The van der Waals surface area contributed by atoms with Gasteiger partial charge in [0.05, 0.1) is 6.04 Å². The molecule has 2 aliphatic heterocycles. The van der Waals surface area contributed by atoms with Gasteiger partial charge in [-0.15, -0.1) is 0 Å². The third-order valence-electron chi connectivity index (χ3n) is 4.71. The summed E-state index contributed by atoms with van der Waals surface area (Å²) in [4.78, 5) is 19.3. The Labute approximate surface area is 140 Å². The molecule has 2 atom stereocenters. The van der Waals surface area contributed by atoms with E-state index < -0.39 is 6.10 Å². The van der Waals surface area contributed by atoms with E-state index in [0.717, 1.165) is 24.2 Å². The zero-order chi connectivity index (χ0) is 16.7. The molecular formula is C18H21N3O3. The SMILES string of the molecule is CC(C)c1nc([C@H]2CCCN2C(=O)[C@H]2Cc3ccccc3O2)no1. The summed E-state index contributed by atoms with van der Waals surface area (Å²) in [5.74, 6) is 2.25. The molecule has 6 heteroatoms. The van der Waals surface area contributed by atoms with Gasteiger partial charge in [0.2, 0.25) is 5.89 Å². The Morgan fingerprint density at radius 3 is 2.92 bits per heavy atom. The van der Waals surface area contributed by atoms with Gasteiger partial charge in [-0.2, -0.15) is 4.98 Å². The second-order valence-electron chi connectivity index (χ2n) is 6.75. The topological polar surface area (TPSA) is 68.5 Å². The molecule has 1 saturated heterocycles. The molecule has 1 fully saturated rings. The van der Waals surface area contributed by atoms with E-state index in [4.69, 9.17) is 9.26 Å². The Hall–Kier alpha value is -2.37. The summed E-state index contributed by atoms with van der Waals surface area (Å²) in [6.45, 7) is 4.74. The normalized spacial score (nSPS) is 22.7. The summed E-state index contributed by atoms with van der Waals surface area (Å²) in [5.41, 5.74) is 1.09. The largest absolute Gasteiger partial charge is 0.480 e. The van der Waals surface area contributed by atoms with Gasteiger partial charge in [0.25, 0.3) is 5.91 Å². The van der Waals surface area contributed by atoms with E-state index in [1.807, 2.05) is 43.0 Å². The quantitative estimate of drug-likeness (QED) is 0.867. The number of ether oxygens (including phenoxy) is 1. The lowest BCUT2D eigenvalue weighted by Gasteiger charge is -2.25. The van der Waals surface area contributed by atoms with Crippen LogP contribution >= 0.6 is 0 Å². The highest BCUT2D eigenvalue weighted by Gasteiger charge is 2.39. The molecule has 0 bridgehead atoms. The van der Waals surface area contributed by atoms with Gasteiger partial charge in [-0.3, -0.25) is 4.79 Å². The second-order valence-corrected chi connectivity index (χ2v) is 6.75. The molecule has 0 radical (unpaired) electrons. The zero-order valence-corrected chi connectivity index (χ0v) is 13.9. The molecule has 6 nitrogen and oxygen atoms in total. The van der Waals surface area contributed by atoms with Crippen LogP contribution in [0.3, 0.4) is 0 Å². The number of fused-ring (bicyclic) bond motifs is 1. The van der Waals surface area contributed by atoms with Crippen LogP contribution in [0, 0.1) is 0 Å². The lowest BCUT2D eigenvalue weighted by molar-refractivity contribution is -0.139. The van der Waals surface area contributed by atoms with Gasteiger partial charge >= 0.3 is 0 Å². The number of likely N-dealkylation sites (tertiary alicyclic amines) is 1.